The average Bonchev–Trinajstić information content (AvgIpc) is 3.05. The van der Waals surface area contributed by atoms with E-state index in [1.165, 1.54) is 23.4 Å². The monoisotopic (exact) mass is 415 g/mol. The Balaban J connectivity index is 1.91. The Morgan fingerprint density at radius 3 is 2.59 bits per heavy atom. The molecule has 1 amide bonds. The van der Waals surface area contributed by atoms with E-state index >= 15 is 0 Å². The topological polar surface area (TPSA) is 90.9 Å². The Morgan fingerprint density at radius 1 is 1.17 bits per heavy atom. The molecule has 3 rings (SSSR count). The summed E-state index contributed by atoms with van der Waals surface area (Å²) in [6.45, 7) is 6.49. The molecule has 0 unspecified atom stereocenters. The number of aromatic nitrogens is 4. The van der Waals surface area contributed by atoms with Crippen molar-refractivity contribution >= 4 is 34.5 Å². The van der Waals surface area contributed by atoms with Crippen LogP contribution in [0.15, 0.2) is 32.9 Å². The first-order chi connectivity index (χ1) is 13.7. The van der Waals surface area contributed by atoms with Gasteiger partial charge in [0, 0.05) is 26.3 Å². The molecule has 1 aromatic carbocycles. The zero-order valence-electron chi connectivity index (χ0n) is 17.3. The highest BCUT2D eigenvalue weighted by atomic mass is 32.2. The van der Waals surface area contributed by atoms with E-state index < -0.39 is 5.69 Å². The smallest absolute Gasteiger partial charge is 0.325 e. The number of rotatable bonds is 6. The van der Waals surface area contributed by atoms with Gasteiger partial charge in [0.05, 0.1) is 5.75 Å². The largest absolute Gasteiger partial charge is 0.332 e. The van der Waals surface area contributed by atoms with Gasteiger partial charge in [-0.3, -0.25) is 18.7 Å². The number of carbonyl (C=O) groups is 1. The molecule has 3 aromatic rings. The van der Waals surface area contributed by atoms with Crippen molar-refractivity contribution in [2.24, 2.45) is 14.1 Å². The molecule has 2 heterocycles. The molecule has 0 fully saturated rings. The predicted octanol–water partition coefficient (Wildman–Crippen LogP) is 2.19. The molecule has 8 nitrogen and oxygen atoms in total. The summed E-state index contributed by atoms with van der Waals surface area (Å²) in [5, 5.41) is 3.48. The van der Waals surface area contributed by atoms with Crippen LogP contribution < -0.4 is 16.6 Å². The molecule has 0 aliphatic heterocycles. The van der Waals surface area contributed by atoms with Crippen LogP contribution in [0.1, 0.15) is 24.5 Å². The lowest BCUT2D eigenvalue weighted by Crippen LogP contribution is -2.37. The lowest BCUT2D eigenvalue weighted by molar-refractivity contribution is -0.113. The highest BCUT2D eigenvalue weighted by Crippen LogP contribution is 2.23. The maximum absolute atomic E-state index is 12.7. The van der Waals surface area contributed by atoms with Crippen molar-refractivity contribution in [2.45, 2.75) is 38.9 Å². The second kappa shape index (κ2) is 8.28. The molecular formula is C20H25N5O3S. The average molecular weight is 416 g/mol. The lowest BCUT2D eigenvalue weighted by Gasteiger charge is -2.10. The van der Waals surface area contributed by atoms with Crippen molar-refractivity contribution in [2.75, 3.05) is 11.1 Å². The van der Waals surface area contributed by atoms with Gasteiger partial charge in [-0.2, -0.15) is 0 Å². The molecule has 154 valence electrons. The van der Waals surface area contributed by atoms with Crippen molar-refractivity contribution in [3.05, 3.63) is 50.2 Å². The Bertz CT molecular complexity index is 1210. The number of benzene rings is 1. The van der Waals surface area contributed by atoms with E-state index in [0.29, 0.717) is 22.9 Å². The van der Waals surface area contributed by atoms with Crippen LogP contribution in [-0.4, -0.2) is 30.3 Å². The summed E-state index contributed by atoms with van der Waals surface area (Å²) in [6.07, 6.45) is 0.791. The molecule has 0 bridgehead atoms. The fourth-order valence-corrected chi connectivity index (χ4v) is 3.98. The van der Waals surface area contributed by atoms with Gasteiger partial charge in [0.1, 0.15) is 0 Å². The molecule has 1 N–H and O–H groups in total. The van der Waals surface area contributed by atoms with Crippen LogP contribution in [0.2, 0.25) is 0 Å². The number of hydrogen-bond donors (Lipinski definition) is 1. The van der Waals surface area contributed by atoms with Crippen LogP contribution in [-0.2, 0) is 25.4 Å². The Labute approximate surface area is 172 Å². The molecule has 0 atom stereocenters. The van der Waals surface area contributed by atoms with Gasteiger partial charge < -0.3 is 9.88 Å². The number of hydrogen-bond acceptors (Lipinski definition) is 5. The molecule has 0 saturated carbocycles. The summed E-state index contributed by atoms with van der Waals surface area (Å²) < 4.78 is 4.24. The number of amides is 1. The van der Waals surface area contributed by atoms with E-state index in [4.69, 9.17) is 0 Å². The van der Waals surface area contributed by atoms with Gasteiger partial charge in [0.25, 0.3) is 5.56 Å². The number of thioether (sulfide) groups is 1. The highest BCUT2D eigenvalue weighted by molar-refractivity contribution is 7.99. The number of anilines is 1. The van der Waals surface area contributed by atoms with Gasteiger partial charge in [0.2, 0.25) is 5.91 Å². The SMILES string of the molecule is CCCn1c(SCC(=O)Nc2cc(C)ccc2C)nc2c1c(=O)n(C)c(=O)n2C. The summed E-state index contributed by atoms with van der Waals surface area (Å²) in [6, 6.07) is 5.90. The van der Waals surface area contributed by atoms with Crippen molar-refractivity contribution in [3.8, 4) is 0 Å². The van der Waals surface area contributed by atoms with E-state index in [1.807, 2.05) is 39.0 Å². The van der Waals surface area contributed by atoms with Crippen molar-refractivity contribution in [3.63, 3.8) is 0 Å². The van der Waals surface area contributed by atoms with Crippen molar-refractivity contribution in [1.82, 2.24) is 18.7 Å². The first-order valence-corrected chi connectivity index (χ1v) is 10.4. The Hall–Kier alpha value is -2.81. The van der Waals surface area contributed by atoms with E-state index in [0.717, 1.165) is 27.8 Å². The molecule has 9 heteroatoms. The number of imidazole rings is 1. The first kappa shape index (κ1) is 20.9. The minimum absolute atomic E-state index is 0.148. The van der Waals surface area contributed by atoms with Crippen LogP contribution >= 0.6 is 11.8 Å². The number of nitrogens with zero attached hydrogens (tertiary/aromatic N) is 4. The molecule has 0 radical (unpaired) electrons. The maximum atomic E-state index is 12.7. The maximum Gasteiger partial charge on any atom is 0.332 e. The summed E-state index contributed by atoms with van der Waals surface area (Å²) in [4.78, 5) is 41.9. The minimum atomic E-state index is -0.423. The number of fused-ring (bicyclic) bond motifs is 1. The van der Waals surface area contributed by atoms with Gasteiger partial charge >= 0.3 is 5.69 Å². The molecule has 0 saturated heterocycles. The molecule has 0 aliphatic rings. The third kappa shape index (κ3) is 4.00. The van der Waals surface area contributed by atoms with Gasteiger partial charge in [0.15, 0.2) is 16.3 Å². The van der Waals surface area contributed by atoms with Crippen LogP contribution in [0.5, 0.6) is 0 Å². The van der Waals surface area contributed by atoms with E-state index in [1.54, 1.807) is 11.6 Å². The fourth-order valence-electron chi connectivity index (χ4n) is 3.15. The van der Waals surface area contributed by atoms with Crippen LogP contribution in [0.4, 0.5) is 5.69 Å². The molecular weight excluding hydrogens is 390 g/mol. The van der Waals surface area contributed by atoms with Crippen molar-refractivity contribution < 1.29 is 4.79 Å². The van der Waals surface area contributed by atoms with Gasteiger partial charge in [-0.25, -0.2) is 9.78 Å². The van der Waals surface area contributed by atoms with Crippen LogP contribution in [0.3, 0.4) is 0 Å². The number of aryl methyl sites for hydroxylation is 4. The summed E-state index contributed by atoms with van der Waals surface area (Å²) in [5.41, 5.74) is 2.76. The molecule has 2 aromatic heterocycles. The third-order valence-corrected chi connectivity index (χ3v) is 5.74. The van der Waals surface area contributed by atoms with Crippen molar-refractivity contribution in [1.29, 1.82) is 0 Å². The molecule has 0 aliphatic carbocycles. The zero-order valence-corrected chi connectivity index (χ0v) is 18.1. The van der Waals surface area contributed by atoms with E-state index in [9.17, 15) is 14.4 Å². The highest BCUT2D eigenvalue weighted by Gasteiger charge is 2.19. The molecule has 0 spiro atoms. The number of nitrogens with one attached hydrogen (secondary N) is 1. The lowest BCUT2D eigenvalue weighted by atomic mass is 10.1. The molecule has 29 heavy (non-hydrogen) atoms. The minimum Gasteiger partial charge on any atom is -0.325 e. The fraction of sp³-hybridized carbons (Fsp3) is 0.400. The summed E-state index contributed by atoms with van der Waals surface area (Å²) in [5.74, 6) is -0.00473. The second-order valence-corrected chi connectivity index (χ2v) is 8.02. The quantitative estimate of drug-likeness (QED) is 0.623. The normalized spacial score (nSPS) is 11.2. The van der Waals surface area contributed by atoms with Gasteiger partial charge in [-0.1, -0.05) is 30.8 Å². The Morgan fingerprint density at radius 2 is 1.90 bits per heavy atom. The van der Waals surface area contributed by atoms with E-state index in [-0.39, 0.29) is 17.2 Å². The number of carbonyl (C=O) groups excluding carboxylic acids is 1. The standard InChI is InChI=1S/C20H25N5O3S/c1-6-9-25-16-17(23(4)20(28)24(5)18(16)27)22-19(25)29-11-15(26)21-14-10-12(2)7-8-13(14)3/h7-8,10H,6,9,11H2,1-5H3,(H,21,26). The van der Waals surface area contributed by atoms with Gasteiger partial charge in [-0.05, 0) is 37.5 Å². The van der Waals surface area contributed by atoms with Crippen LogP contribution in [0, 0.1) is 13.8 Å². The van der Waals surface area contributed by atoms with Crippen LogP contribution in [0.25, 0.3) is 11.2 Å². The van der Waals surface area contributed by atoms with Gasteiger partial charge in [-0.15, -0.1) is 0 Å². The summed E-state index contributed by atoms with van der Waals surface area (Å²) >= 11 is 1.26. The first-order valence-electron chi connectivity index (χ1n) is 9.40. The zero-order chi connectivity index (χ0) is 21.3. The van der Waals surface area contributed by atoms with E-state index in [2.05, 4.69) is 10.3 Å². The predicted molar refractivity (Wildman–Crippen MR) is 116 cm³/mol. The Kier molecular flexibility index (Phi) is 5.97. The third-order valence-electron chi connectivity index (χ3n) is 4.76. The second-order valence-electron chi connectivity index (χ2n) is 7.08. The summed E-state index contributed by atoms with van der Waals surface area (Å²) in [7, 11) is 3.05.